The topological polar surface area (TPSA) is 12.9 Å². The molecule has 0 fully saturated rings. The van der Waals surface area contributed by atoms with Gasteiger partial charge in [-0.05, 0) is 0 Å². The van der Waals surface area contributed by atoms with Crippen molar-refractivity contribution >= 4 is 59.9 Å². The normalized spacial score (nSPS) is 11.2. The van der Waals surface area contributed by atoms with Gasteiger partial charge in [-0.1, -0.05) is 0 Å². The number of benzene rings is 2. The summed E-state index contributed by atoms with van der Waals surface area (Å²) in [6.07, 6.45) is 0. The standard InChI is InChI=1S/C24H17NS2Se2/c1-3-9-17(10-4-1)23-25-22(24(29-23)28-18-11-5-2-6-12-18)21(19-13-7-15-26-19)20-14-8-16-27-20/h1-16,21H. The van der Waals surface area contributed by atoms with Gasteiger partial charge >= 0.3 is 192 Å². The van der Waals surface area contributed by atoms with Gasteiger partial charge in [-0.3, -0.25) is 0 Å². The van der Waals surface area contributed by atoms with Gasteiger partial charge in [-0.15, -0.1) is 0 Å². The van der Waals surface area contributed by atoms with E-state index >= 15 is 0 Å². The molecule has 0 aliphatic carbocycles. The Labute approximate surface area is 191 Å². The van der Waals surface area contributed by atoms with Crippen molar-refractivity contribution in [2.45, 2.75) is 5.92 Å². The number of thiophene rings is 2. The van der Waals surface area contributed by atoms with Crippen LogP contribution in [0.15, 0.2) is 95.7 Å². The van der Waals surface area contributed by atoms with Gasteiger partial charge in [-0.25, -0.2) is 0 Å². The number of aromatic nitrogens is 1. The molecule has 3 heterocycles. The summed E-state index contributed by atoms with van der Waals surface area (Å²) in [5, 5.41) is 4.36. The van der Waals surface area contributed by atoms with Crippen molar-refractivity contribution in [1.82, 2.24) is 4.98 Å². The van der Waals surface area contributed by atoms with E-state index in [9.17, 15) is 0 Å². The summed E-state index contributed by atoms with van der Waals surface area (Å²) in [5.41, 5.74) is 2.55. The average Bonchev–Trinajstić information content (AvgIpc) is 3.54. The second-order valence-corrected chi connectivity index (χ2v) is 14.1. The van der Waals surface area contributed by atoms with Crippen LogP contribution in [0.1, 0.15) is 21.4 Å². The molecule has 0 radical (unpaired) electrons. The van der Waals surface area contributed by atoms with E-state index in [-0.39, 0.29) is 20.4 Å². The summed E-state index contributed by atoms with van der Waals surface area (Å²) < 4.78 is 4.25. The van der Waals surface area contributed by atoms with Gasteiger partial charge in [0.05, 0.1) is 0 Å². The van der Waals surface area contributed by atoms with Crippen molar-refractivity contribution in [2.24, 2.45) is 0 Å². The predicted molar refractivity (Wildman–Crippen MR) is 128 cm³/mol. The van der Waals surface area contributed by atoms with Crippen LogP contribution in [-0.4, -0.2) is 34.4 Å². The predicted octanol–water partition coefficient (Wildman–Crippen LogP) is 4.76. The van der Waals surface area contributed by atoms with Crippen LogP contribution in [0.2, 0.25) is 0 Å². The Balaban J connectivity index is 1.66. The third-order valence-corrected chi connectivity index (χ3v) is 12.0. The van der Waals surface area contributed by atoms with E-state index in [1.165, 1.54) is 30.0 Å². The molecule has 5 aromatic rings. The summed E-state index contributed by atoms with van der Waals surface area (Å²) in [4.78, 5) is 8.07. The van der Waals surface area contributed by atoms with Gasteiger partial charge in [0.1, 0.15) is 0 Å². The second-order valence-electron chi connectivity index (χ2n) is 6.44. The van der Waals surface area contributed by atoms with Gasteiger partial charge in [0, 0.05) is 0 Å². The van der Waals surface area contributed by atoms with Crippen LogP contribution < -0.4 is 7.80 Å². The molecule has 0 aliphatic rings. The third kappa shape index (κ3) is 4.27. The molecule has 0 saturated heterocycles. The monoisotopic (exact) mass is 543 g/mol. The first kappa shape index (κ1) is 19.3. The first-order valence-electron chi connectivity index (χ1n) is 9.24. The van der Waals surface area contributed by atoms with Crippen LogP contribution >= 0.6 is 22.7 Å². The van der Waals surface area contributed by atoms with Gasteiger partial charge in [0.25, 0.3) is 0 Å². The van der Waals surface area contributed by atoms with Gasteiger partial charge in [-0.2, -0.15) is 0 Å². The van der Waals surface area contributed by atoms with Crippen molar-refractivity contribution in [2.75, 3.05) is 0 Å². The molecule has 5 heteroatoms. The fraction of sp³-hybridized carbons (Fsp3) is 0.0417. The Kier molecular flexibility index (Phi) is 5.96. The molecule has 0 spiro atoms. The summed E-state index contributed by atoms with van der Waals surface area (Å²) in [6, 6.07) is 30.4. The fourth-order valence-corrected chi connectivity index (χ4v) is 10.8. The first-order chi connectivity index (χ1) is 14.4. The van der Waals surface area contributed by atoms with E-state index in [2.05, 4.69) is 95.7 Å². The third-order valence-electron chi connectivity index (χ3n) is 4.52. The van der Waals surface area contributed by atoms with Crippen molar-refractivity contribution in [3.8, 4) is 10.1 Å². The Morgan fingerprint density at radius 2 is 1.34 bits per heavy atom. The van der Waals surface area contributed by atoms with Crippen molar-refractivity contribution in [1.29, 1.82) is 0 Å². The van der Waals surface area contributed by atoms with Crippen LogP contribution in [0.5, 0.6) is 0 Å². The number of nitrogens with zero attached hydrogens (tertiary/aromatic N) is 1. The zero-order valence-electron chi connectivity index (χ0n) is 15.4. The Bertz CT molecular complexity index is 1130. The zero-order valence-corrected chi connectivity index (χ0v) is 20.5. The summed E-state index contributed by atoms with van der Waals surface area (Å²) in [6.45, 7) is 0. The minimum absolute atomic E-state index is 0.249. The molecule has 0 N–H and O–H groups in total. The first-order valence-corrected chi connectivity index (χ1v) is 14.4. The molecule has 0 aliphatic heterocycles. The minimum atomic E-state index is 0.249. The van der Waals surface area contributed by atoms with Crippen LogP contribution in [0, 0.1) is 0 Å². The van der Waals surface area contributed by atoms with Crippen LogP contribution in [0.25, 0.3) is 10.1 Å². The van der Waals surface area contributed by atoms with Crippen molar-refractivity contribution in [3.05, 3.63) is 111 Å². The van der Waals surface area contributed by atoms with E-state index in [4.69, 9.17) is 4.98 Å². The van der Waals surface area contributed by atoms with E-state index in [1.807, 2.05) is 22.7 Å². The summed E-state index contributed by atoms with van der Waals surface area (Å²) in [7, 11) is 0. The molecule has 0 atom stereocenters. The van der Waals surface area contributed by atoms with Gasteiger partial charge in [0.15, 0.2) is 0 Å². The Hall–Kier alpha value is -1.71. The Morgan fingerprint density at radius 1 is 0.724 bits per heavy atom. The van der Waals surface area contributed by atoms with Crippen LogP contribution in [0.4, 0.5) is 0 Å². The van der Waals surface area contributed by atoms with E-state index in [0.717, 1.165) is 0 Å². The molecule has 0 unspecified atom stereocenters. The van der Waals surface area contributed by atoms with E-state index in [1.54, 1.807) is 3.34 Å². The quantitative estimate of drug-likeness (QED) is 0.283. The number of hydrogen-bond acceptors (Lipinski definition) is 3. The molecule has 0 amide bonds. The molecule has 3 aromatic heterocycles. The molecule has 0 bridgehead atoms. The fourth-order valence-electron chi connectivity index (χ4n) is 3.19. The van der Waals surface area contributed by atoms with Crippen LogP contribution in [0.3, 0.4) is 0 Å². The molecule has 5 rings (SSSR count). The molecular formula is C24H17NS2Se2. The maximum atomic E-state index is 5.30. The molecule has 1 nitrogen and oxygen atoms in total. The average molecular weight is 541 g/mol. The molecule has 142 valence electrons. The number of rotatable bonds is 6. The number of hydrogen-bond donors (Lipinski definition) is 0. The molecule has 2 aromatic carbocycles. The van der Waals surface area contributed by atoms with Crippen LogP contribution in [-0.2, 0) is 0 Å². The Morgan fingerprint density at radius 3 is 1.93 bits per heavy atom. The zero-order chi connectivity index (χ0) is 19.5. The van der Waals surface area contributed by atoms with Gasteiger partial charge in [0.2, 0.25) is 0 Å². The summed E-state index contributed by atoms with van der Waals surface area (Å²) >= 11 is 4.24. The second kappa shape index (κ2) is 8.97. The van der Waals surface area contributed by atoms with E-state index in [0.29, 0.717) is 15.0 Å². The molecule has 29 heavy (non-hydrogen) atoms. The van der Waals surface area contributed by atoms with Crippen molar-refractivity contribution in [3.63, 3.8) is 0 Å². The van der Waals surface area contributed by atoms with E-state index < -0.39 is 0 Å². The van der Waals surface area contributed by atoms with Gasteiger partial charge < -0.3 is 0 Å². The summed E-state index contributed by atoms with van der Waals surface area (Å²) in [5.74, 6) is 0.249. The SMILES string of the molecule is c1ccc([Se]c2[se]c(-c3ccccc3)nc2C(c2cccs2)c2cccs2)cc1. The molecule has 0 saturated carbocycles. The maximum absolute atomic E-state index is 5.30. The van der Waals surface area contributed by atoms with Crippen molar-refractivity contribution < 1.29 is 0 Å². The molecular weight excluding hydrogens is 524 g/mol.